The second-order valence-corrected chi connectivity index (χ2v) is 11.3. The van der Waals surface area contributed by atoms with E-state index >= 15 is 0 Å². The van der Waals surface area contributed by atoms with E-state index < -0.39 is 15.9 Å². The van der Waals surface area contributed by atoms with Crippen LogP contribution in [0.15, 0.2) is 69.6 Å². The number of hydrogen-bond donors (Lipinski definition) is 3. The molecule has 0 unspecified atom stereocenters. The highest BCUT2D eigenvalue weighted by atomic mass is 32.2. The normalized spacial score (nSPS) is 11.1. The van der Waals surface area contributed by atoms with Gasteiger partial charge < -0.3 is 15.4 Å². The molecule has 0 fully saturated rings. The number of carbonyl (C=O) groups is 1. The van der Waals surface area contributed by atoms with Gasteiger partial charge in [0, 0.05) is 30.1 Å². The molecule has 4 aromatic rings. The largest absolute Gasteiger partial charge is 0.497 e. The average Bonchev–Trinajstić information content (AvgIpc) is 3.55. The number of hydrogen-bond acceptors (Lipinski definition) is 8. The van der Waals surface area contributed by atoms with Gasteiger partial charge in [-0.25, -0.2) is 13.4 Å². The van der Waals surface area contributed by atoms with Gasteiger partial charge in [0.25, 0.3) is 15.9 Å². The number of nitrogens with one attached hydrogen (secondary N) is 3. The number of aromatic nitrogens is 1. The first-order valence-corrected chi connectivity index (χ1v) is 13.9. The van der Waals surface area contributed by atoms with E-state index in [9.17, 15) is 13.2 Å². The van der Waals surface area contributed by atoms with Gasteiger partial charge in [0.2, 0.25) is 0 Å². The molecule has 0 aliphatic carbocycles. The van der Waals surface area contributed by atoms with E-state index in [1.807, 2.05) is 36.6 Å². The van der Waals surface area contributed by atoms with E-state index in [1.165, 1.54) is 42.2 Å². The second kappa shape index (κ2) is 10.9. The van der Waals surface area contributed by atoms with Crippen molar-refractivity contribution in [2.24, 2.45) is 0 Å². The number of anilines is 2. The van der Waals surface area contributed by atoms with Gasteiger partial charge >= 0.3 is 0 Å². The maximum Gasteiger partial charge on any atom is 0.271 e. The van der Waals surface area contributed by atoms with Crippen molar-refractivity contribution < 1.29 is 17.9 Å². The monoisotopic (exact) mass is 528 g/mol. The minimum Gasteiger partial charge on any atom is -0.497 e. The highest BCUT2D eigenvalue weighted by Crippen LogP contribution is 2.27. The van der Waals surface area contributed by atoms with Gasteiger partial charge in [-0.2, -0.15) is 0 Å². The number of amides is 1. The first-order valence-electron chi connectivity index (χ1n) is 10.6. The summed E-state index contributed by atoms with van der Waals surface area (Å²) in [5.74, 6) is 0.0260. The zero-order valence-electron chi connectivity index (χ0n) is 19.1. The Balaban J connectivity index is 1.37. The molecule has 0 aliphatic heterocycles. The van der Waals surface area contributed by atoms with Crippen molar-refractivity contribution in [1.82, 2.24) is 10.3 Å². The van der Waals surface area contributed by atoms with Crippen molar-refractivity contribution in [2.75, 3.05) is 30.2 Å². The van der Waals surface area contributed by atoms with Crippen LogP contribution in [0.25, 0.3) is 11.3 Å². The third-order valence-corrected chi connectivity index (χ3v) is 8.58. The van der Waals surface area contributed by atoms with Gasteiger partial charge in [-0.1, -0.05) is 35.9 Å². The van der Waals surface area contributed by atoms with Crippen LogP contribution in [0.4, 0.5) is 10.8 Å². The van der Waals surface area contributed by atoms with Gasteiger partial charge in [0.1, 0.15) is 9.96 Å². The summed E-state index contributed by atoms with van der Waals surface area (Å²) in [5.41, 5.74) is 3.47. The standard InChI is InChI=1S/C24H24N4O4S3/c1-16-5-7-17(8-6-16)21-15-34-24(27-21)26-12-11-25-23(29)19-10-9-18(32-2)14-20(19)28-35(30,31)22-4-3-13-33-22/h3-10,13-15,28H,11-12H2,1-2H3,(H,25,29)(H,26,27). The Kier molecular flexibility index (Phi) is 7.69. The van der Waals surface area contributed by atoms with E-state index in [1.54, 1.807) is 17.5 Å². The van der Waals surface area contributed by atoms with Gasteiger partial charge in [0.15, 0.2) is 5.13 Å². The third kappa shape index (κ3) is 6.18. The number of sulfonamides is 1. The first kappa shape index (κ1) is 24.7. The quantitative estimate of drug-likeness (QED) is 0.254. The minimum atomic E-state index is -3.82. The molecule has 35 heavy (non-hydrogen) atoms. The van der Waals surface area contributed by atoms with Crippen molar-refractivity contribution in [2.45, 2.75) is 11.1 Å². The van der Waals surface area contributed by atoms with Crippen LogP contribution in [0.2, 0.25) is 0 Å². The Morgan fingerprint density at radius 1 is 1.06 bits per heavy atom. The number of thiazole rings is 1. The predicted molar refractivity (Wildman–Crippen MR) is 141 cm³/mol. The van der Waals surface area contributed by atoms with Crippen molar-refractivity contribution in [3.05, 3.63) is 76.5 Å². The lowest BCUT2D eigenvalue weighted by Gasteiger charge is -2.13. The fourth-order valence-electron chi connectivity index (χ4n) is 3.20. The van der Waals surface area contributed by atoms with E-state index in [0.717, 1.165) is 27.7 Å². The van der Waals surface area contributed by atoms with Gasteiger partial charge in [-0.05, 0) is 30.5 Å². The summed E-state index contributed by atoms with van der Waals surface area (Å²) in [6.45, 7) is 2.82. The van der Waals surface area contributed by atoms with E-state index in [0.29, 0.717) is 18.8 Å². The Hall–Kier alpha value is -3.41. The van der Waals surface area contributed by atoms with Crippen molar-refractivity contribution >= 4 is 49.4 Å². The highest BCUT2D eigenvalue weighted by Gasteiger charge is 2.20. The molecule has 0 atom stereocenters. The van der Waals surface area contributed by atoms with Gasteiger partial charge in [-0.15, -0.1) is 22.7 Å². The van der Waals surface area contributed by atoms with Crippen LogP contribution < -0.4 is 20.1 Å². The molecule has 0 radical (unpaired) electrons. The minimum absolute atomic E-state index is 0.144. The number of carbonyl (C=O) groups excluding carboxylic acids is 1. The van der Waals surface area contributed by atoms with Crippen molar-refractivity contribution in [1.29, 1.82) is 0 Å². The summed E-state index contributed by atoms with van der Waals surface area (Å²) in [4.78, 5) is 17.4. The van der Waals surface area contributed by atoms with Crippen molar-refractivity contribution in [3.63, 3.8) is 0 Å². The SMILES string of the molecule is COc1ccc(C(=O)NCCNc2nc(-c3ccc(C)cc3)cs2)c(NS(=O)(=O)c2cccs2)c1. The molecule has 0 saturated heterocycles. The molecular formula is C24H24N4O4S3. The number of ether oxygens (including phenoxy) is 1. The molecule has 2 aromatic carbocycles. The molecule has 182 valence electrons. The number of rotatable bonds is 10. The smallest absolute Gasteiger partial charge is 0.271 e. The Labute approximate surface area is 212 Å². The number of benzene rings is 2. The lowest BCUT2D eigenvalue weighted by Crippen LogP contribution is -2.29. The fourth-order valence-corrected chi connectivity index (χ4v) is 6.01. The van der Waals surface area contributed by atoms with Crippen LogP contribution in [0.1, 0.15) is 15.9 Å². The molecule has 11 heteroatoms. The molecule has 0 aliphatic rings. The summed E-state index contributed by atoms with van der Waals surface area (Å²) < 4.78 is 33.2. The zero-order chi connectivity index (χ0) is 24.8. The second-order valence-electron chi connectivity index (χ2n) is 7.54. The highest BCUT2D eigenvalue weighted by molar-refractivity contribution is 7.94. The van der Waals surface area contributed by atoms with E-state index in [2.05, 4.69) is 20.3 Å². The maximum absolute atomic E-state index is 12.8. The maximum atomic E-state index is 12.8. The fraction of sp³-hybridized carbons (Fsp3) is 0.167. The molecular weight excluding hydrogens is 504 g/mol. The van der Waals surface area contributed by atoms with Crippen LogP contribution in [-0.2, 0) is 10.0 Å². The van der Waals surface area contributed by atoms with Crippen LogP contribution >= 0.6 is 22.7 Å². The Morgan fingerprint density at radius 2 is 1.86 bits per heavy atom. The Bertz CT molecular complexity index is 1400. The van der Waals surface area contributed by atoms with E-state index in [4.69, 9.17) is 4.74 Å². The van der Waals surface area contributed by atoms with Crippen LogP contribution in [0.3, 0.4) is 0 Å². The molecule has 0 bridgehead atoms. The summed E-state index contributed by atoms with van der Waals surface area (Å²) in [6.07, 6.45) is 0. The van der Waals surface area contributed by atoms with Gasteiger partial charge in [-0.3, -0.25) is 9.52 Å². The molecule has 3 N–H and O–H groups in total. The lowest BCUT2D eigenvalue weighted by atomic mass is 10.1. The molecule has 0 spiro atoms. The number of aryl methyl sites for hydroxylation is 1. The lowest BCUT2D eigenvalue weighted by molar-refractivity contribution is 0.0956. The number of methoxy groups -OCH3 is 1. The third-order valence-electron chi connectivity index (χ3n) is 5.01. The summed E-state index contributed by atoms with van der Waals surface area (Å²) >= 11 is 2.58. The molecule has 8 nitrogen and oxygen atoms in total. The number of thiophene rings is 1. The molecule has 2 aromatic heterocycles. The zero-order valence-corrected chi connectivity index (χ0v) is 21.5. The first-order chi connectivity index (χ1) is 16.9. The van der Waals surface area contributed by atoms with E-state index in [-0.39, 0.29) is 15.5 Å². The average molecular weight is 529 g/mol. The molecule has 1 amide bonds. The number of nitrogens with zero attached hydrogens (tertiary/aromatic N) is 1. The van der Waals surface area contributed by atoms with Crippen LogP contribution in [0.5, 0.6) is 5.75 Å². The van der Waals surface area contributed by atoms with Crippen LogP contribution in [-0.4, -0.2) is 39.5 Å². The summed E-state index contributed by atoms with van der Waals surface area (Å²) in [6, 6.07) is 15.9. The molecule has 2 heterocycles. The van der Waals surface area contributed by atoms with Crippen LogP contribution in [0, 0.1) is 6.92 Å². The topological polar surface area (TPSA) is 109 Å². The molecule has 0 saturated carbocycles. The summed E-state index contributed by atoms with van der Waals surface area (Å²) in [5, 5.41) is 10.4. The Morgan fingerprint density at radius 3 is 2.57 bits per heavy atom. The predicted octanol–water partition coefficient (Wildman–Crippen LogP) is 4.83. The molecule has 4 rings (SSSR count). The summed E-state index contributed by atoms with van der Waals surface area (Å²) in [7, 11) is -2.35. The van der Waals surface area contributed by atoms with Gasteiger partial charge in [0.05, 0.1) is 24.1 Å². The van der Waals surface area contributed by atoms with Crippen molar-refractivity contribution in [3.8, 4) is 17.0 Å².